The zero-order valence-electron chi connectivity index (χ0n) is 47.0. The Kier molecular flexibility index (Phi) is 55.5. The molecule has 0 aromatic carbocycles. The van der Waals surface area contributed by atoms with Gasteiger partial charge in [-0.15, -0.1) is 0 Å². The average Bonchev–Trinajstić information content (AvgIpc) is 3.40. The zero-order valence-corrected chi connectivity index (χ0v) is 47.9. The average molecular weight is 1060 g/mol. The number of unbranched alkanes of at least 4 members (excludes halogenated alkanes) is 13. The van der Waals surface area contributed by atoms with E-state index >= 15 is 0 Å². The third-order valence-electron chi connectivity index (χ3n) is 11.4. The van der Waals surface area contributed by atoms with Gasteiger partial charge in [0.25, 0.3) is 0 Å². The molecule has 0 saturated carbocycles. The number of rotatable bonds is 52. The molecule has 0 aliphatic heterocycles. The molecule has 75 heavy (non-hydrogen) atoms. The van der Waals surface area contributed by atoms with Crippen LogP contribution in [0.2, 0.25) is 0 Å². The van der Waals surface area contributed by atoms with Crippen LogP contribution in [0, 0.1) is 0 Å². The van der Waals surface area contributed by atoms with E-state index in [1.54, 1.807) is 0 Å². The van der Waals surface area contributed by atoms with E-state index in [0.29, 0.717) is 12.8 Å². The number of nitrogens with two attached hydrogens (primary N) is 1. The van der Waals surface area contributed by atoms with Gasteiger partial charge in [-0.05, 0) is 122 Å². The number of carbonyl (C=O) groups excluding carboxylic acids is 2. The largest absolute Gasteiger partial charge is 0.472 e. The third-order valence-corrected chi connectivity index (χ3v) is 12.4. The Morgan fingerprint density at radius 3 is 1.03 bits per heavy atom. The second-order valence-corrected chi connectivity index (χ2v) is 19.8. The van der Waals surface area contributed by atoms with Crippen LogP contribution in [0.3, 0.4) is 0 Å². The molecule has 0 aliphatic rings. The minimum absolute atomic E-state index is 0.0386. The molecular formula is C65H104NO8P. The Morgan fingerprint density at radius 2 is 0.693 bits per heavy atom. The molecule has 9 nitrogen and oxygen atoms in total. The van der Waals surface area contributed by atoms with Gasteiger partial charge in [-0.1, -0.05) is 230 Å². The SMILES string of the molecule is CC/C=C\C/C=C\C/C=C\C/C=C\C/C=C\C/C=C\C/C=C\C/C=C\CCCCCCC(=O)OC(COC(=O)CCCCCCCCCCC/C=C\C/C=C\C/C=C\C/C=C\C/C=C\CC)COP(=O)(O)OCCN. The fourth-order valence-electron chi connectivity index (χ4n) is 7.21. The predicted octanol–water partition coefficient (Wildman–Crippen LogP) is 18.5. The number of allylic oxidation sites excluding steroid dienone is 26. The smallest absolute Gasteiger partial charge is 0.462 e. The van der Waals surface area contributed by atoms with E-state index in [2.05, 4.69) is 172 Å². The highest BCUT2D eigenvalue weighted by Gasteiger charge is 2.26. The van der Waals surface area contributed by atoms with Crippen molar-refractivity contribution in [3.05, 3.63) is 158 Å². The highest BCUT2D eigenvalue weighted by Crippen LogP contribution is 2.43. The lowest BCUT2D eigenvalue weighted by Crippen LogP contribution is -2.29. The second-order valence-electron chi connectivity index (χ2n) is 18.4. The summed E-state index contributed by atoms with van der Waals surface area (Å²) in [6.07, 6.45) is 85.7. The summed E-state index contributed by atoms with van der Waals surface area (Å²) in [7, 11) is -4.41. The first-order valence-corrected chi connectivity index (χ1v) is 30.5. The lowest BCUT2D eigenvalue weighted by atomic mass is 10.1. The van der Waals surface area contributed by atoms with Crippen LogP contribution >= 0.6 is 7.82 Å². The molecule has 0 amide bonds. The fraction of sp³-hybridized carbons (Fsp3) is 0.569. The molecule has 0 aromatic heterocycles. The highest BCUT2D eigenvalue weighted by molar-refractivity contribution is 7.47. The summed E-state index contributed by atoms with van der Waals surface area (Å²) in [5, 5.41) is 0. The Balaban J connectivity index is 4.12. The number of phosphoric acid groups is 1. The van der Waals surface area contributed by atoms with Gasteiger partial charge in [-0.2, -0.15) is 0 Å². The molecule has 0 aliphatic carbocycles. The molecule has 2 unspecified atom stereocenters. The van der Waals surface area contributed by atoms with Crippen molar-refractivity contribution in [2.45, 2.75) is 213 Å². The van der Waals surface area contributed by atoms with Gasteiger partial charge in [0, 0.05) is 19.4 Å². The van der Waals surface area contributed by atoms with Gasteiger partial charge < -0.3 is 20.1 Å². The molecule has 0 rings (SSSR count). The minimum Gasteiger partial charge on any atom is -0.462 e. The fourth-order valence-corrected chi connectivity index (χ4v) is 7.97. The maximum atomic E-state index is 12.7. The van der Waals surface area contributed by atoms with Gasteiger partial charge in [0.05, 0.1) is 13.2 Å². The number of hydrogen-bond donors (Lipinski definition) is 2. The van der Waals surface area contributed by atoms with Crippen LogP contribution in [0.15, 0.2) is 158 Å². The van der Waals surface area contributed by atoms with Crippen molar-refractivity contribution >= 4 is 19.8 Å². The van der Waals surface area contributed by atoms with E-state index in [0.717, 1.165) is 135 Å². The van der Waals surface area contributed by atoms with E-state index < -0.39 is 32.5 Å². The number of hydrogen-bond acceptors (Lipinski definition) is 8. The minimum atomic E-state index is -4.41. The molecule has 0 bridgehead atoms. The number of phosphoric ester groups is 1. The monoisotopic (exact) mass is 1060 g/mol. The Hall–Kier alpha value is -4.37. The van der Waals surface area contributed by atoms with Crippen molar-refractivity contribution in [1.29, 1.82) is 0 Å². The van der Waals surface area contributed by atoms with Crippen molar-refractivity contribution in [2.24, 2.45) is 5.73 Å². The molecule has 0 saturated heterocycles. The summed E-state index contributed by atoms with van der Waals surface area (Å²) in [6, 6.07) is 0. The first-order valence-electron chi connectivity index (χ1n) is 29.0. The number of ether oxygens (including phenoxy) is 2. The van der Waals surface area contributed by atoms with Crippen LogP contribution < -0.4 is 5.73 Å². The maximum Gasteiger partial charge on any atom is 0.472 e. The summed E-state index contributed by atoms with van der Waals surface area (Å²) in [5.41, 5.74) is 5.38. The normalized spacial score (nSPS) is 14.2. The van der Waals surface area contributed by atoms with Crippen LogP contribution in [0.4, 0.5) is 0 Å². The van der Waals surface area contributed by atoms with E-state index in [1.807, 2.05) is 0 Å². The van der Waals surface area contributed by atoms with E-state index in [4.69, 9.17) is 24.3 Å². The molecule has 0 spiro atoms. The van der Waals surface area contributed by atoms with Crippen LogP contribution in [0.5, 0.6) is 0 Å². The third kappa shape index (κ3) is 58.7. The topological polar surface area (TPSA) is 134 Å². The summed E-state index contributed by atoms with van der Waals surface area (Å²) in [5.74, 6) is -0.877. The second kappa shape index (κ2) is 58.9. The summed E-state index contributed by atoms with van der Waals surface area (Å²) >= 11 is 0. The van der Waals surface area contributed by atoms with Gasteiger partial charge in [-0.25, -0.2) is 4.57 Å². The lowest BCUT2D eigenvalue weighted by molar-refractivity contribution is -0.161. The van der Waals surface area contributed by atoms with Gasteiger partial charge in [-0.3, -0.25) is 18.6 Å². The van der Waals surface area contributed by atoms with Crippen LogP contribution in [-0.2, 0) is 32.7 Å². The predicted molar refractivity (Wildman–Crippen MR) is 320 cm³/mol. The maximum absolute atomic E-state index is 12.7. The van der Waals surface area contributed by atoms with Gasteiger partial charge >= 0.3 is 19.8 Å². The van der Waals surface area contributed by atoms with Crippen LogP contribution in [0.25, 0.3) is 0 Å². The molecule has 0 radical (unpaired) electrons. The molecule has 2 atom stereocenters. The van der Waals surface area contributed by atoms with Crippen molar-refractivity contribution in [1.82, 2.24) is 0 Å². The summed E-state index contributed by atoms with van der Waals surface area (Å²) < 4.78 is 33.0. The molecule has 422 valence electrons. The molecule has 10 heteroatoms. The molecular weight excluding hydrogens is 954 g/mol. The lowest BCUT2D eigenvalue weighted by Gasteiger charge is -2.19. The van der Waals surface area contributed by atoms with Gasteiger partial charge in [0.1, 0.15) is 6.61 Å². The first kappa shape index (κ1) is 70.6. The zero-order chi connectivity index (χ0) is 54.5. The standard InChI is InChI=1S/C65H104NO8P/c1-3-5-7-9-11-13-15-17-19-21-23-25-27-29-30-31-32-34-36-38-40-42-44-46-48-50-52-54-56-58-65(68)74-63(62-73-75(69,70)72-60-59-66)61-71-64(67)57-55-53-51-49-47-45-43-41-39-37-35-33-28-26-24-22-20-18-16-14-12-10-8-6-4-2/h5-8,11-14,17-20,23-26,29-30,32-35,38,40,44,46,63H,3-4,9-10,15-16,21-22,27-28,31,36-37,39,41-43,45,47-62,66H2,1-2H3,(H,69,70)/b7-5-,8-6-,13-11-,14-12-,19-17-,20-18-,25-23-,26-24-,30-29-,34-32-,35-33-,40-38-,46-44-. The Morgan fingerprint density at radius 1 is 0.400 bits per heavy atom. The molecule has 0 heterocycles. The van der Waals surface area contributed by atoms with Crippen molar-refractivity contribution in [2.75, 3.05) is 26.4 Å². The van der Waals surface area contributed by atoms with Crippen LogP contribution in [-0.4, -0.2) is 49.3 Å². The Labute approximate surface area is 458 Å². The first-order chi connectivity index (χ1) is 36.8. The van der Waals surface area contributed by atoms with Crippen molar-refractivity contribution in [3.8, 4) is 0 Å². The van der Waals surface area contributed by atoms with Crippen molar-refractivity contribution in [3.63, 3.8) is 0 Å². The molecule has 3 N–H and O–H groups in total. The van der Waals surface area contributed by atoms with Crippen molar-refractivity contribution < 1.29 is 37.6 Å². The summed E-state index contributed by atoms with van der Waals surface area (Å²) in [4.78, 5) is 35.2. The van der Waals surface area contributed by atoms with E-state index in [1.165, 1.54) is 32.1 Å². The highest BCUT2D eigenvalue weighted by atomic mass is 31.2. The summed E-state index contributed by atoms with van der Waals surface area (Å²) in [6.45, 7) is 3.45. The van der Waals surface area contributed by atoms with Crippen LogP contribution in [0.1, 0.15) is 206 Å². The molecule has 0 fully saturated rings. The number of esters is 2. The molecule has 0 aromatic rings. The van der Waals surface area contributed by atoms with E-state index in [-0.39, 0.29) is 32.6 Å². The number of carbonyl (C=O) groups is 2. The quantitative estimate of drug-likeness (QED) is 0.0264. The Bertz CT molecular complexity index is 1780. The van der Waals surface area contributed by atoms with Gasteiger partial charge in [0.15, 0.2) is 6.10 Å². The van der Waals surface area contributed by atoms with E-state index in [9.17, 15) is 19.0 Å². The van der Waals surface area contributed by atoms with Gasteiger partial charge in [0.2, 0.25) is 0 Å².